The molecule has 0 fully saturated rings. The second kappa shape index (κ2) is 8.80. The van der Waals surface area contributed by atoms with Crippen LogP contribution in [0.3, 0.4) is 0 Å². The average molecular weight is 266 g/mol. The highest BCUT2D eigenvalue weighted by molar-refractivity contribution is 5.94. The quantitative estimate of drug-likeness (QED) is 0.660. The maximum Gasteiger partial charge on any atom is 0.182 e. The third-order valence-electron chi connectivity index (χ3n) is 3.39. The molecule has 0 saturated heterocycles. The highest BCUT2D eigenvalue weighted by atomic mass is 16.1. The largest absolute Gasteiger partial charge is 0.330 e. The standard InChI is InChI=1S/C14H26N4O/c1-3-5-12(8-9-15)6-7-14(19)13-11-16-17-18(13)10-4-2/h11-12H,3-10,15H2,1-2H3. The number of nitrogens with two attached hydrogens (primary N) is 1. The molecular formula is C14H26N4O. The van der Waals surface area contributed by atoms with Gasteiger partial charge in [0.05, 0.1) is 6.20 Å². The molecule has 0 bridgehead atoms. The minimum absolute atomic E-state index is 0.150. The summed E-state index contributed by atoms with van der Waals surface area (Å²) >= 11 is 0. The molecule has 0 amide bonds. The topological polar surface area (TPSA) is 73.8 Å². The SMILES string of the molecule is CCCC(CCN)CCC(=O)c1cnnn1CCC. The van der Waals surface area contributed by atoms with Crippen molar-refractivity contribution in [1.82, 2.24) is 15.0 Å². The number of hydrogen-bond donors (Lipinski definition) is 1. The fourth-order valence-electron chi connectivity index (χ4n) is 2.39. The zero-order valence-electron chi connectivity index (χ0n) is 12.1. The predicted molar refractivity (Wildman–Crippen MR) is 75.9 cm³/mol. The first-order chi connectivity index (χ1) is 9.22. The number of carbonyl (C=O) groups is 1. The maximum atomic E-state index is 12.2. The molecule has 1 unspecified atom stereocenters. The Balaban J connectivity index is 2.51. The van der Waals surface area contributed by atoms with Crippen LogP contribution < -0.4 is 5.73 Å². The van der Waals surface area contributed by atoms with E-state index in [0.717, 1.165) is 38.6 Å². The van der Waals surface area contributed by atoms with Crippen molar-refractivity contribution in [2.24, 2.45) is 11.7 Å². The minimum Gasteiger partial charge on any atom is -0.330 e. The van der Waals surface area contributed by atoms with Crippen LogP contribution in [-0.4, -0.2) is 27.3 Å². The van der Waals surface area contributed by atoms with E-state index in [-0.39, 0.29) is 5.78 Å². The van der Waals surface area contributed by atoms with Crippen molar-refractivity contribution in [2.45, 2.75) is 58.9 Å². The summed E-state index contributed by atoms with van der Waals surface area (Å²) in [5, 5.41) is 7.79. The summed E-state index contributed by atoms with van der Waals surface area (Å²) < 4.78 is 1.71. The lowest BCUT2D eigenvalue weighted by atomic mass is 9.93. The van der Waals surface area contributed by atoms with E-state index < -0.39 is 0 Å². The predicted octanol–water partition coefficient (Wildman–Crippen LogP) is 2.42. The molecular weight excluding hydrogens is 240 g/mol. The van der Waals surface area contributed by atoms with E-state index in [1.165, 1.54) is 0 Å². The van der Waals surface area contributed by atoms with E-state index in [1.807, 2.05) is 0 Å². The second-order valence-electron chi connectivity index (χ2n) is 5.04. The van der Waals surface area contributed by atoms with E-state index in [1.54, 1.807) is 10.9 Å². The minimum atomic E-state index is 0.150. The van der Waals surface area contributed by atoms with Gasteiger partial charge in [-0.05, 0) is 31.7 Å². The molecule has 2 N–H and O–H groups in total. The lowest BCUT2D eigenvalue weighted by Crippen LogP contribution is -2.14. The highest BCUT2D eigenvalue weighted by Crippen LogP contribution is 2.18. The zero-order valence-corrected chi connectivity index (χ0v) is 12.1. The monoisotopic (exact) mass is 266 g/mol. The van der Waals surface area contributed by atoms with Crippen molar-refractivity contribution in [1.29, 1.82) is 0 Å². The van der Waals surface area contributed by atoms with Crippen LogP contribution in [0.4, 0.5) is 0 Å². The van der Waals surface area contributed by atoms with Crippen LogP contribution in [0, 0.1) is 5.92 Å². The molecule has 0 aliphatic heterocycles. The maximum absolute atomic E-state index is 12.2. The number of nitrogens with zero attached hydrogens (tertiary/aromatic N) is 3. The van der Waals surface area contributed by atoms with Gasteiger partial charge in [-0.15, -0.1) is 5.10 Å². The van der Waals surface area contributed by atoms with Gasteiger partial charge in [-0.2, -0.15) is 0 Å². The van der Waals surface area contributed by atoms with E-state index in [4.69, 9.17) is 5.73 Å². The number of aryl methyl sites for hydroxylation is 1. The van der Waals surface area contributed by atoms with E-state index in [0.29, 0.717) is 24.6 Å². The summed E-state index contributed by atoms with van der Waals surface area (Å²) in [5.41, 5.74) is 6.26. The molecule has 1 heterocycles. The number of aromatic nitrogens is 3. The fraction of sp³-hybridized carbons (Fsp3) is 0.786. The molecule has 0 aromatic carbocycles. The Bertz CT molecular complexity index is 369. The summed E-state index contributed by atoms with van der Waals surface area (Å²) in [6, 6.07) is 0. The van der Waals surface area contributed by atoms with Gasteiger partial charge in [0.2, 0.25) is 0 Å². The number of Topliss-reactive ketones (excluding diaryl/α,β-unsaturated/α-hetero) is 1. The van der Waals surface area contributed by atoms with Crippen LogP contribution in [-0.2, 0) is 6.54 Å². The van der Waals surface area contributed by atoms with Gasteiger partial charge in [-0.1, -0.05) is 31.9 Å². The molecule has 0 aliphatic rings. The molecule has 1 rings (SSSR count). The van der Waals surface area contributed by atoms with Crippen LogP contribution in [0.15, 0.2) is 6.20 Å². The van der Waals surface area contributed by atoms with Gasteiger partial charge in [0.1, 0.15) is 5.69 Å². The molecule has 5 nitrogen and oxygen atoms in total. The van der Waals surface area contributed by atoms with Gasteiger partial charge in [0.25, 0.3) is 0 Å². The summed E-state index contributed by atoms with van der Waals surface area (Å²) in [6.07, 6.45) is 7.33. The van der Waals surface area contributed by atoms with Gasteiger partial charge in [-0.3, -0.25) is 4.79 Å². The van der Waals surface area contributed by atoms with Gasteiger partial charge in [0.15, 0.2) is 5.78 Å². The number of hydrogen-bond acceptors (Lipinski definition) is 4. The first-order valence-electron chi connectivity index (χ1n) is 7.34. The smallest absolute Gasteiger partial charge is 0.182 e. The Hall–Kier alpha value is -1.23. The van der Waals surface area contributed by atoms with Gasteiger partial charge < -0.3 is 5.73 Å². The lowest BCUT2D eigenvalue weighted by Gasteiger charge is -2.14. The Morgan fingerprint density at radius 3 is 2.74 bits per heavy atom. The summed E-state index contributed by atoms with van der Waals surface area (Å²) in [7, 11) is 0. The molecule has 0 radical (unpaired) electrons. The van der Waals surface area contributed by atoms with Crippen molar-refractivity contribution in [3.8, 4) is 0 Å². The van der Waals surface area contributed by atoms with Crippen molar-refractivity contribution >= 4 is 5.78 Å². The normalized spacial score (nSPS) is 12.6. The first-order valence-corrected chi connectivity index (χ1v) is 7.34. The van der Waals surface area contributed by atoms with Crippen molar-refractivity contribution in [3.63, 3.8) is 0 Å². The van der Waals surface area contributed by atoms with Crippen LogP contribution >= 0.6 is 0 Å². The molecule has 0 spiro atoms. The van der Waals surface area contributed by atoms with Crippen molar-refractivity contribution in [3.05, 3.63) is 11.9 Å². The molecule has 1 aromatic rings. The second-order valence-corrected chi connectivity index (χ2v) is 5.04. The van der Waals surface area contributed by atoms with Crippen molar-refractivity contribution in [2.75, 3.05) is 6.54 Å². The molecule has 0 saturated carbocycles. The first kappa shape index (κ1) is 15.8. The van der Waals surface area contributed by atoms with Crippen molar-refractivity contribution < 1.29 is 4.79 Å². The van der Waals surface area contributed by atoms with Gasteiger partial charge in [-0.25, -0.2) is 4.68 Å². The molecule has 1 aromatic heterocycles. The average Bonchev–Trinajstić information content (AvgIpc) is 2.85. The molecule has 5 heteroatoms. The highest BCUT2D eigenvalue weighted by Gasteiger charge is 2.15. The number of rotatable bonds is 10. The summed E-state index contributed by atoms with van der Waals surface area (Å²) in [4.78, 5) is 12.2. The van der Waals surface area contributed by atoms with Crippen LogP contribution in [0.1, 0.15) is 62.9 Å². The molecule has 19 heavy (non-hydrogen) atoms. The van der Waals surface area contributed by atoms with Gasteiger partial charge in [0, 0.05) is 13.0 Å². The lowest BCUT2D eigenvalue weighted by molar-refractivity contribution is 0.0961. The third-order valence-corrected chi connectivity index (χ3v) is 3.39. The van der Waals surface area contributed by atoms with Gasteiger partial charge >= 0.3 is 0 Å². The summed E-state index contributed by atoms with van der Waals surface area (Å²) in [5.74, 6) is 0.714. The summed E-state index contributed by atoms with van der Waals surface area (Å²) in [6.45, 7) is 5.69. The Morgan fingerprint density at radius 1 is 1.32 bits per heavy atom. The van der Waals surface area contributed by atoms with E-state index in [9.17, 15) is 4.79 Å². The van der Waals surface area contributed by atoms with Crippen LogP contribution in [0.2, 0.25) is 0 Å². The number of carbonyl (C=O) groups excluding carboxylic acids is 1. The zero-order chi connectivity index (χ0) is 14.1. The Kier molecular flexibility index (Phi) is 7.33. The number of ketones is 1. The molecule has 0 aliphatic carbocycles. The van der Waals surface area contributed by atoms with E-state index >= 15 is 0 Å². The fourth-order valence-corrected chi connectivity index (χ4v) is 2.39. The Morgan fingerprint density at radius 2 is 2.11 bits per heavy atom. The van der Waals surface area contributed by atoms with Crippen LogP contribution in [0.5, 0.6) is 0 Å². The van der Waals surface area contributed by atoms with Crippen LogP contribution in [0.25, 0.3) is 0 Å². The third kappa shape index (κ3) is 5.11. The molecule has 108 valence electrons. The van der Waals surface area contributed by atoms with E-state index in [2.05, 4.69) is 24.2 Å². The molecule has 1 atom stereocenters. The Labute approximate surface area is 115 Å².